The maximum absolute atomic E-state index is 12.4. The van der Waals surface area contributed by atoms with E-state index in [1.807, 2.05) is 0 Å². The molecule has 0 aromatic heterocycles. The van der Waals surface area contributed by atoms with Crippen LogP contribution in [0.4, 0.5) is 0 Å². The average molecular weight is 298 g/mol. The molecule has 0 saturated heterocycles. The summed E-state index contributed by atoms with van der Waals surface area (Å²) in [6, 6.07) is 1.30. The van der Waals surface area contributed by atoms with Crippen LogP contribution in [0.5, 0.6) is 0 Å². The van der Waals surface area contributed by atoms with Crippen LogP contribution in [0, 0.1) is 0 Å². The first-order chi connectivity index (χ1) is 9.90. The van der Waals surface area contributed by atoms with Crippen molar-refractivity contribution in [2.24, 2.45) is 0 Å². The number of esters is 1. The van der Waals surface area contributed by atoms with E-state index in [0.717, 1.165) is 32.2 Å². The van der Waals surface area contributed by atoms with Gasteiger partial charge >= 0.3 is 5.97 Å². The Bertz CT molecular complexity index is 333. The maximum atomic E-state index is 12.4. The summed E-state index contributed by atoms with van der Waals surface area (Å²) in [4.78, 5) is 15.0. The summed E-state index contributed by atoms with van der Waals surface area (Å²) < 4.78 is 5.12. The van der Waals surface area contributed by atoms with Crippen molar-refractivity contribution in [1.29, 1.82) is 0 Å². The van der Waals surface area contributed by atoms with Gasteiger partial charge in [0.15, 0.2) is 0 Å². The van der Waals surface area contributed by atoms with Crippen LogP contribution in [-0.2, 0) is 9.53 Å². The molecule has 0 spiro atoms. The van der Waals surface area contributed by atoms with Gasteiger partial charge in [0.25, 0.3) is 0 Å². The van der Waals surface area contributed by atoms with E-state index in [1.165, 1.54) is 13.5 Å². The Morgan fingerprint density at radius 1 is 1.38 bits per heavy atom. The molecule has 1 saturated carbocycles. The molecular weight excluding hydrogens is 264 g/mol. The second kappa shape index (κ2) is 8.14. The summed E-state index contributed by atoms with van der Waals surface area (Å²) in [7, 11) is 1.50. The van der Waals surface area contributed by atoms with Gasteiger partial charge in [0.2, 0.25) is 0 Å². The predicted molar refractivity (Wildman–Crippen MR) is 87.4 cm³/mol. The highest BCUT2D eigenvalue weighted by molar-refractivity contribution is 5.81. The molecule has 3 atom stereocenters. The van der Waals surface area contributed by atoms with Crippen LogP contribution >= 0.6 is 0 Å². The van der Waals surface area contributed by atoms with Gasteiger partial charge in [-0.1, -0.05) is 13.8 Å². The molecule has 0 heterocycles. The number of hydrogen-bond donors (Lipinski definition) is 1. The number of carbonyl (C=O) groups is 1. The van der Waals surface area contributed by atoms with E-state index in [9.17, 15) is 4.79 Å². The van der Waals surface area contributed by atoms with Crippen LogP contribution in [0.1, 0.15) is 66.7 Å². The molecule has 0 bridgehead atoms. The first-order valence-corrected chi connectivity index (χ1v) is 8.52. The first kappa shape index (κ1) is 18.4. The molecule has 3 unspecified atom stereocenters. The third-order valence-electron chi connectivity index (χ3n) is 4.86. The third kappa shape index (κ3) is 4.43. The highest BCUT2D eigenvalue weighted by Crippen LogP contribution is 2.34. The highest BCUT2D eigenvalue weighted by Gasteiger charge is 2.45. The topological polar surface area (TPSA) is 41.6 Å². The van der Waals surface area contributed by atoms with Crippen LogP contribution in [0.2, 0.25) is 0 Å². The molecule has 124 valence electrons. The molecule has 4 heteroatoms. The number of ether oxygens (including phenoxy) is 1. The summed E-state index contributed by atoms with van der Waals surface area (Å²) in [6.45, 7) is 12.0. The standard InChI is InChI=1S/C17H34N2O2/c1-7-14(5)19(8-2)15-10-9-11-17(12-15,16(20)21-6)18-13(3)4/h13-15,18H,7-12H2,1-6H3. The fraction of sp³-hybridized carbons (Fsp3) is 0.941. The molecule has 21 heavy (non-hydrogen) atoms. The Balaban J connectivity index is 2.94. The molecule has 4 nitrogen and oxygen atoms in total. The lowest BCUT2D eigenvalue weighted by Crippen LogP contribution is -2.61. The molecule has 1 rings (SSSR count). The minimum Gasteiger partial charge on any atom is -0.468 e. The monoisotopic (exact) mass is 298 g/mol. The lowest BCUT2D eigenvalue weighted by molar-refractivity contribution is -0.152. The van der Waals surface area contributed by atoms with Crippen molar-refractivity contribution in [3.05, 3.63) is 0 Å². The van der Waals surface area contributed by atoms with Gasteiger partial charge in [-0.05, 0) is 59.4 Å². The number of methoxy groups -OCH3 is 1. The first-order valence-electron chi connectivity index (χ1n) is 8.52. The Labute approximate surface area is 130 Å². The van der Waals surface area contributed by atoms with E-state index in [-0.39, 0.29) is 12.0 Å². The van der Waals surface area contributed by atoms with Crippen molar-refractivity contribution in [2.75, 3.05) is 13.7 Å². The molecule has 0 radical (unpaired) electrons. The van der Waals surface area contributed by atoms with Gasteiger partial charge in [-0.3, -0.25) is 15.0 Å². The van der Waals surface area contributed by atoms with E-state index in [0.29, 0.717) is 12.1 Å². The Morgan fingerprint density at radius 3 is 2.52 bits per heavy atom. The molecule has 0 aromatic rings. The van der Waals surface area contributed by atoms with Crippen molar-refractivity contribution < 1.29 is 9.53 Å². The summed E-state index contributed by atoms with van der Waals surface area (Å²) in [5.74, 6) is -0.0962. The Morgan fingerprint density at radius 2 is 2.05 bits per heavy atom. The summed E-state index contributed by atoms with van der Waals surface area (Å²) in [5.41, 5.74) is -0.507. The SMILES string of the molecule is CCC(C)N(CC)C1CCCC(NC(C)C)(C(=O)OC)C1. The average Bonchev–Trinajstić information content (AvgIpc) is 2.46. The summed E-state index contributed by atoms with van der Waals surface area (Å²) >= 11 is 0. The Kier molecular flexibility index (Phi) is 7.14. The number of carbonyl (C=O) groups excluding carboxylic acids is 1. The largest absolute Gasteiger partial charge is 0.468 e. The molecule has 1 aliphatic rings. The normalized spacial score (nSPS) is 27.9. The van der Waals surface area contributed by atoms with E-state index in [1.54, 1.807) is 0 Å². The van der Waals surface area contributed by atoms with Gasteiger partial charge in [0.05, 0.1) is 7.11 Å². The van der Waals surface area contributed by atoms with Gasteiger partial charge in [0.1, 0.15) is 5.54 Å². The van der Waals surface area contributed by atoms with Crippen molar-refractivity contribution in [3.8, 4) is 0 Å². The van der Waals surface area contributed by atoms with Crippen LogP contribution in [0.15, 0.2) is 0 Å². The molecule has 0 aliphatic heterocycles. The van der Waals surface area contributed by atoms with Crippen molar-refractivity contribution in [3.63, 3.8) is 0 Å². The van der Waals surface area contributed by atoms with Crippen LogP contribution in [0.25, 0.3) is 0 Å². The zero-order valence-electron chi connectivity index (χ0n) is 14.7. The number of nitrogens with one attached hydrogen (secondary N) is 1. The van der Waals surface area contributed by atoms with Crippen LogP contribution < -0.4 is 5.32 Å². The zero-order chi connectivity index (χ0) is 16.0. The fourth-order valence-corrected chi connectivity index (χ4v) is 3.82. The third-order valence-corrected chi connectivity index (χ3v) is 4.86. The summed E-state index contributed by atoms with van der Waals surface area (Å²) in [5, 5.41) is 3.51. The van der Waals surface area contributed by atoms with Gasteiger partial charge in [-0.25, -0.2) is 0 Å². The van der Waals surface area contributed by atoms with Gasteiger partial charge in [-0.15, -0.1) is 0 Å². The Hall–Kier alpha value is -0.610. The van der Waals surface area contributed by atoms with Gasteiger partial charge < -0.3 is 4.74 Å². The molecule has 0 aromatic carbocycles. The minimum atomic E-state index is -0.507. The number of hydrogen-bond acceptors (Lipinski definition) is 4. The van der Waals surface area contributed by atoms with Gasteiger partial charge in [-0.2, -0.15) is 0 Å². The summed E-state index contributed by atoms with van der Waals surface area (Å²) in [6.07, 6.45) is 5.14. The zero-order valence-corrected chi connectivity index (χ0v) is 14.7. The molecule has 1 N–H and O–H groups in total. The van der Waals surface area contributed by atoms with Crippen LogP contribution in [-0.4, -0.2) is 48.2 Å². The molecular formula is C17H34N2O2. The van der Waals surface area contributed by atoms with Crippen LogP contribution in [0.3, 0.4) is 0 Å². The fourth-order valence-electron chi connectivity index (χ4n) is 3.82. The smallest absolute Gasteiger partial charge is 0.326 e. The van der Waals surface area contributed by atoms with E-state index in [4.69, 9.17) is 4.74 Å². The molecule has 1 aliphatic carbocycles. The maximum Gasteiger partial charge on any atom is 0.326 e. The molecule has 1 fully saturated rings. The number of rotatable bonds is 7. The van der Waals surface area contributed by atoms with E-state index in [2.05, 4.69) is 44.8 Å². The second-order valence-corrected chi connectivity index (χ2v) is 6.71. The van der Waals surface area contributed by atoms with Crippen molar-refractivity contribution >= 4 is 5.97 Å². The minimum absolute atomic E-state index is 0.0962. The van der Waals surface area contributed by atoms with E-state index < -0.39 is 5.54 Å². The molecule has 0 amide bonds. The van der Waals surface area contributed by atoms with Gasteiger partial charge in [0, 0.05) is 18.1 Å². The van der Waals surface area contributed by atoms with Crippen molar-refractivity contribution in [1.82, 2.24) is 10.2 Å². The van der Waals surface area contributed by atoms with E-state index >= 15 is 0 Å². The lowest BCUT2D eigenvalue weighted by atomic mass is 9.77. The highest BCUT2D eigenvalue weighted by atomic mass is 16.5. The quantitative estimate of drug-likeness (QED) is 0.734. The second-order valence-electron chi connectivity index (χ2n) is 6.71. The van der Waals surface area contributed by atoms with Crippen molar-refractivity contribution in [2.45, 2.75) is 90.4 Å². The lowest BCUT2D eigenvalue weighted by Gasteiger charge is -2.45. The number of nitrogens with zero attached hydrogens (tertiary/aromatic N) is 1. The predicted octanol–water partition coefficient (Wildman–Crippen LogP) is 2.96.